The van der Waals surface area contributed by atoms with Gasteiger partial charge in [-0.05, 0) is 32.1 Å². The Kier molecular flexibility index (Phi) is 6.94. The van der Waals surface area contributed by atoms with Gasteiger partial charge < -0.3 is 9.47 Å². The zero-order valence-electron chi connectivity index (χ0n) is 11.4. The molecule has 0 aromatic carbocycles. The molecule has 0 aliphatic heterocycles. The predicted octanol–water partition coefficient (Wildman–Crippen LogP) is 2.35. The van der Waals surface area contributed by atoms with E-state index in [-0.39, 0.29) is 18.5 Å². The molecule has 0 amide bonds. The maximum atomic E-state index is 11.6. The van der Waals surface area contributed by atoms with E-state index in [0.717, 1.165) is 32.1 Å². The lowest BCUT2D eigenvalue weighted by Crippen LogP contribution is -2.14. The standard InChI is InChI=1S/C14H24O4/c1-3-18-14(16)10-17-9-5-4-6-12-11(2)7-8-13(12)15/h11-12H,3-10H2,1-2H3/t11-,12+/m1/s1. The van der Waals surface area contributed by atoms with E-state index in [1.54, 1.807) is 6.92 Å². The van der Waals surface area contributed by atoms with Crippen molar-refractivity contribution in [2.24, 2.45) is 11.8 Å². The summed E-state index contributed by atoms with van der Waals surface area (Å²) in [5.74, 6) is 0.917. The number of rotatable bonds is 8. The molecule has 18 heavy (non-hydrogen) atoms. The summed E-state index contributed by atoms with van der Waals surface area (Å²) in [6.07, 6.45) is 4.65. The second-order valence-corrected chi connectivity index (χ2v) is 4.94. The van der Waals surface area contributed by atoms with Gasteiger partial charge in [-0.1, -0.05) is 13.3 Å². The molecule has 0 unspecified atom stereocenters. The molecule has 0 radical (unpaired) electrons. The number of hydrogen-bond donors (Lipinski definition) is 0. The summed E-state index contributed by atoms with van der Waals surface area (Å²) in [4.78, 5) is 22.6. The topological polar surface area (TPSA) is 52.6 Å². The number of unbranched alkanes of at least 4 members (excludes halogenated alkanes) is 1. The Morgan fingerprint density at radius 2 is 2.17 bits per heavy atom. The number of carbonyl (C=O) groups excluding carboxylic acids is 2. The molecule has 1 saturated carbocycles. The van der Waals surface area contributed by atoms with E-state index >= 15 is 0 Å². The van der Waals surface area contributed by atoms with Crippen molar-refractivity contribution in [3.05, 3.63) is 0 Å². The van der Waals surface area contributed by atoms with Crippen LogP contribution in [0.2, 0.25) is 0 Å². The van der Waals surface area contributed by atoms with Gasteiger partial charge in [0.25, 0.3) is 0 Å². The summed E-state index contributed by atoms with van der Waals surface area (Å²) in [5.41, 5.74) is 0. The first-order valence-corrected chi connectivity index (χ1v) is 6.91. The molecule has 1 rings (SSSR count). The van der Waals surface area contributed by atoms with Crippen LogP contribution in [0, 0.1) is 11.8 Å². The lowest BCUT2D eigenvalue weighted by molar-refractivity contribution is -0.148. The summed E-state index contributed by atoms with van der Waals surface area (Å²) < 4.78 is 9.96. The largest absolute Gasteiger partial charge is 0.464 e. The normalized spacial score (nSPS) is 23.3. The molecule has 4 heteroatoms. The predicted molar refractivity (Wildman–Crippen MR) is 68.2 cm³/mol. The maximum absolute atomic E-state index is 11.6. The van der Waals surface area contributed by atoms with E-state index in [2.05, 4.69) is 6.92 Å². The summed E-state index contributed by atoms with van der Waals surface area (Å²) in [6, 6.07) is 0. The van der Waals surface area contributed by atoms with Crippen LogP contribution in [0.25, 0.3) is 0 Å². The van der Waals surface area contributed by atoms with Gasteiger partial charge in [0, 0.05) is 18.9 Å². The average Bonchev–Trinajstić information content (AvgIpc) is 2.65. The second-order valence-electron chi connectivity index (χ2n) is 4.94. The Labute approximate surface area is 109 Å². The molecular formula is C14H24O4. The number of ether oxygens (including phenoxy) is 2. The first kappa shape index (κ1) is 15.2. The Morgan fingerprint density at radius 3 is 2.78 bits per heavy atom. The molecule has 0 N–H and O–H groups in total. The third-order valence-electron chi connectivity index (χ3n) is 3.53. The van der Waals surface area contributed by atoms with Gasteiger partial charge in [-0.2, -0.15) is 0 Å². The fourth-order valence-corrected chi connectivity index (χ4v) is 2.45. The van der Waals surface area contributed by atoms with Gasteiger partial charge >= 0.3 is 5.97 Å². The molecule has 0 aromatic rings. The van der Waals surface area contributed by atoms with Gasteiger partial charge in [-0.15, -0.1) is 0 Å². The van der Waals surface area contributed by atoms with Crippen molar-refractivity contribution in [1.29, 1.82) is 0 Å². The summed E-state index contributed by atoms with van der Waals surface area (Å²) in [5, 5.41) is 0. The van der Waals surface area contributed by atoms with E-state index in [1.807, 2.05) is 0 Å². The highest BCUT2D eigenvalue weighted by molar-refractivity contribution is 5.83. The van der Waals surface area contributed by atoms with Gasteiger partial charge in [0.15, 0.2) is 0 Å². The van der Waals surface area contributed by atoms with Crippen LogP contribution in [0.15, 0.2) is 0 Å². The second kappa shape index (κ2) is 8.25. The Balaban J connectivity index is 1.98. The zero-order chi connectivity index (χ0) is 13.4. The number of esters is 1. The highest BCUT2D eigenvalue weighted by atomic mass is 16.6. The minimum Gasteiger partial charge on any atom is -0.464 e. The SMILES string of the molecule is CCOC(=O)COCCCC[C@@H]1C(=O)CC[C@H]1C. The summed E-state index contributed by atoms with van der Waals surface area (Å²) >= 11 is 0. The summed E-state index contributed by atoms with van der Waals surface area (Å²) in [6.45, 7) is 4.93. The van der Waals surface area contributed by atoms with Gasteiger partial charge in [0.1, 0.15) is 12.4 Å². The molecule has 0 spiro atoms. The lowest BCUT2D eigenvalue weighted by atomic mass is 9.92. The molecule has 0 heterocycles. The third-order valence-corrected chi connectivity index (χ3v) is 3.53. The molecule has 0 saturated heterocycles. The van der Waals surface area contributed by atoms with E-state index in [9.17, 15) is 9.59 Å². The third kappa shape index (κ3) is 5.17. The number of ketones is 1. The van der Waals surface area contributed by atoms with E-state index in [4.69, 9.17) is 9.47 Å². The Morgan fingerprint density at radius 1 is 1.39 bits per heavy atom. The fourth-order valence-electron chi connectivity index (χ4n) is 2.45. The minimum absolute atomic E-state index is 0.0343. The van der Waals surface area contributed by atoms with Gasteiger partial charge in [0.2, 0.25) is 0 Å². The number of hydrogen-bond acceptors (Lipinski definition) is 4. The first-order chi connectivity index (χ1) is 8.65. The molecule has 1 fully saturated rings. The van der Waals surface area contributed by atoms with E-state index < -0.39 is 0 Å². The van der Waals surface area contributed by atoms with Crippen LogP contribution < -0.4 is 0 Å². The van der Waals surface area contributed by atoms with Crippen LogP contribution in [0.1, 0.15) is 46.0 Å². The molecule has 2 atom stereocenters. The van der Waals surface area contributed by atoms with Crippen molar-refractivity contribution >= 4 is 11.8 Å². The van der Waals surface area contributed by atoms with Gasteiger partial charge in [-0.3, -0.25) is 4.79 Å². The van der Waals surface area contributed by atoms with Crippen LogP contribution in [0.4, 0.5) is 0 Å². The van der Waals surface area contributed by atoms with Crippen molar-refractivity contribution in [3.8, 4) is 0 Å². The Bertz CT molecular complexity index is 275. The van der Waals surface area contributed by atoms with E-state index in [1.165, 1.54) is 0 Å². The average molecular weight is 256 g/mol. The van der Waals surface area contributed by atoms with Crippen LogP contribution >= 0.6 is 0 Å². The molecule has 1 aliphatic carbocycles. The van der Waals surface area contributed by atoms with Crippen LogP contribution in [0.5, 0.6) is 0 Å². The van der Waals surface area contributed by atoms with Gasteiger partial charge in [-0.25, -0.2) is 4.79 Å². The monoisotopic (exact) mass is 256 g/mol. The van der Waals surface area contributed by atoms with Gasteiger partial charge in [0.05, 0.1) is 6.61 Å². The van der Waals surface area contributed by atoms with Crippen molar-refractivity contribution in [2.45, 2.75) is 46.0 Å². The maximum Gasteiger partial charge on any atom is 0.332 e. The van der Waals surface area contributed by atoms with Crippen molar-refractivity contribution in [1.82, 2.24) is 0 Å². The summed E-state index contributed by atoms with van der Waals surface area (Å²) in [7, 11) is 0. The van der Waals surface area contributed by atoms with Crippen molar-refractivity contribution in [2.75, 3.05) is 19.8 Å². The Hall–Kier alpha value is -0.900. The highest BCUT2D eigenvalue weighted by Crippen LogP contribution is 2.31. The minimum atomic E-state index is -0.308. The van der Waals surface area contributed by atoms with Crippen LogP contribution in [0.3, 0.4) is 0 Å². The van der Waals surface area contributed by atoms with Crippen LogP contribution in [-0.2, 0) is 19.1 Å². The van der Waals surface area contributed by atoms with Crippen molar-refractivity contribution < 1.29 is 19.1 Å². The fraction of sp³-hybridized carbons (Fsp3) is 0.857. The zero-order valence-corrected chi connectivity index (χ0v) is 11.4. The highest BCUT2D eigenvalue weighted by Gasteiger charge is 2.30. The molecule has 104 valence electrons. The van der Waals surface area contributed by atoms with Crippen molar-refractivity contribution in [3.63, 3.8) is 0 Å². The molecule has 4 nitrogen and oxygen atoms in total. The molecule has 1 aliphatic rings. The molecule has 0 aromatic heterocycles. The smallest absolute Gasteiger partial charge is 0.332 e. The van der Waals surface area contributed by atoms with E-state index in [0.29, 0.717) is 24.9 Å². The lowest BCUT2D eigenvalue weighted by Gasteiger charge is -2.13. The van der Waals surface area contributed by atoms with Crippen LogP contribution in [-0.4, -0.2) is 31.6 Å². The number of carbonyl (C=O) groups is 2. The first-order valence-electron chi connectivity index (χ1n) is 6.91. The molecule has 0 bridgehead atoms. The number of Topliss-reactive ketones (excluding diaryl/α,β-unsaturated/α-hetero) is 1. The quantitative estimate of drug-likeness (QED) is 0.494. The molecular weight excluding hydrogens is 232 g/mol.